The summed E-state index contributed by atoms with van der Waals surface area (Å²) in [5.41, 5.74) is 8.56. The van der Waals surface area contributed by atoms with Crippen molar-refractivity contribution in [3.8, 4) is 0 Å². The molecule has 3 rings (SSSR count). The normalized spacial score (nSPS) is 12.6. The van der Waals surface area contributed by atoms with Gasteiger partial charge in [-0.05, 0) is 23.8 Å². The number of anilines is 1. The number of halogens is 1. The second-order valence-corrected chi connectivity index (χ2v) is 6.22. The minimum Gasteiger partial charge on any atom is -0.466 e. The average molecular weight is 345 g/mol. The molecule has 0 aliphatic rings. The summed E-state index contributed by atoms with van der Waals surface area (Å²) in [6.45, 7) is 0. The molecule has 2 aromatic carbocycles. The van der Waals surface area contributed by atoms with Gasteiger partial charge in [0.05, 0.1) is 12.3 Å². The molecular formula is C17H17BrN2O. The molecule has 1 aromatic heterocycles. The van der Waals surface area contributed by atoms with Crippen molar-refractivity contribution in [1.82, 2.24) is 0 Å². The number of nitrogens with zero attached hydrogens (tertiary/aromatic N) is 1. The highest BCUT2D eigenvalue weighted by atomic mass is 79.9. The van der Waals surface area contributed by atoms with Crippen LogP contribution in [0.5, 0.6) is 0 Å². The van der Waals surface area contributed by atoms with E-state index in [1.807, 2.05) is 44.4 Å². The van der Waals surface area contributed by atoms with E-state index in [1.54, 1.807) is 6.26 Å². The SMILES string of the molecule is CN(C)c1cc(Br)cc(C(N)c2occ3ccccc23)c1. The van der Waals surface area contributed by atoms with Crippen LogP contribution < -0.4 is 10.6 Å². The largest absolute Gasteiger partial charge is 0.466 e. The van der Waals surface area contributed by atoms with E-state index in [2.05, 4.69) is 33.0 Å². The van der Waals surface area contributed by atoms with E-state index in [4.69, 9.17) is 10.2 Å². The van der Waals surface area contributed by atoms with Crippen LogP contribution in [0.2, 0.25) is 0 Å². The van der Waals surface area contributed by atoms with Gasteiger partial charge >= 0.3 is 0 Å². The van der Waals surface area contributed by atoms with Crippen LogP contribution in [0.1, 0.15) is 17.4 Å². The van der Waals surface area contributed by atoms with Gasteiger partial charge in [-0.3, -0.25) is 0 Å². The fraction of sp³-hybridized carbons (Fsp3) is 0.176. The number of hydrogen-bond donors (Lipinski definition) is 1. The second-order valence-electron chi connectivity index (χ2n) is 5.30. The predicted octanol–water partition coefficient (Wildman–Crippen LogP) is 4.31. The molecule has 1 heterocycles. The minimum atomic E-state index is -0.291. The average Bonchev–Trinajstić information content (AvgIpc) is 2.89. The molecular weight excluding hydrogens is 328 g/mol. The third-order valence-electron chi connectivity index (χ3n) is 3.60. The molecule has 1 atom stereocenters. The van der Waals surface area contributed by atoms with Crippen molar-refractivity contribution in [2.45, 2.75) is 6.04 Å². The van der Waals surface area contributed by atoms with Crippen LogP contribution in [0.15, 0.2) is 57.6 Å². The van der Waals surface area contributed by atoms with E-state index in [0.29, 0.717) is 0 Å². The lowest BCUT2D eigenvalue weighted by molar-refractivity contribution is 0.495. The standard InChI is InChI=1S/C17H17BrN2O/c1-20(2)14-8-12(7-13(18)9-14)16(19)17-15-6-4-3-5-11(15)10-21-17/h3-10,16H,19H2,1-2H3. The molecule has 0 saturated heterocycles. The van der Waals surface area contributed by atoms with Crippen LogP contribution in [0.3, 0.4) is 0 Å². The lowest BCUT2D eigenvalue weighted by Gasteiger charge is -2.17. The van der Waals surface area contributed by atoms with E-state index in [0.717, 1.165) is 32.3 Å². The summed E-state index contributed by atoms with van der Waals surface area (Å²) < 4.78 is 6.73. The van der Waals surface area contributed by atoms with E-state index in [9.17, 15) is 0 Å². The molecule has 0 fully saturated rings. The number of hydrogen-bond acceptors (Lipinski definition) is 3. The smallest absolute Gasteiger partial charge is 0.132 e. The molecule has 0 amide bonds. The molecule has 0 radical (unpaired) electrons. The van der Waals surface area contributed by atoms with Crippen molar-refractivity contribution in [1.29, 1.82) is 0 Å². The number of rotatable bonds is 3. The molecule has 3 nitrogen and oxygen atoms in total. The summed E-state index contributed by atoms with van der Waals surface area (Å²) >= 11 is 3.55. The fourth-order valence-electron chi connectivity index (χ4n) is 2.44. The van der Waals surface area contributed by atoms with Gasteiger partial charge in [0, 0.05) is 35.0 Å². The zero-order chi connectivity index (χ0) is 15.0. The van der Waals surface area contributed by atoms with Crippen LogP contribution in [0.25, 0.3) is 10.8 Å². The lowest BCUT2D eigenvalue weighted by atomic mass is 10.0. The Balaban J connectivity index is 2.08. The van der Waals surface area contributed by atoms with Gasteiger partial charge in [0.15, 0.2) is 0 Å². The number of fused-ring (bicyclic) bond motifs is 1. The van der Waals surface area contributed by atoms with Crippen LogP contribution in [0, 0.1) is 0 Å². The van der Waals surface area contributed by atoms with E-state index in [-0.39, 0.29) is 6.04 Å². The first-order chi connectivity index (χ1) is 10.1. The summed E-state index contributed by atoms with van der Waals surface area (Å²) in [7, 11) is 4.03. The van der Waals surface area contributed by atoms with Crippen molar-refractivity contribution in [3.05, 3.63) is 64.5 Å². The van der Waals surface area contributed by atoms with Gasteiger partial charge in [-0.25, -0.2) is 0 Å². The highest BCUT2D eigenvalue weighted by Gasteiger charge is 2.17. The topological polar surface area (TPSA) is 42.4 Å². The van der Waals surface area contributed by atoms with Crippen molar-refractivity contribution in [3.63, 3.8) is 0 Å². The maximum atomic E-state index is 6.43. The number of benzene rings is 2. The van der Waals surface area contributed by atoms with Crippen molar-refractivity contribution in [2.24, 2.45) is 5.73 Å². The number of furan rings is 1. The van der Waals surface area contributed by atoms with E-state index >= 15 is 0 Å². The van der Waals surface area contributed by atoms with Crippen molar-refractivity contribution < 1.29 is 4.42 Å². The van der Waals surface area contributed by atoms with Crippen LogP contribution >= 0.6 is 15.9 Å². The lowest BCUT2D eigenvalue weighted by Crippen LogP contribution is -2.14. The first-order valence-electron chi connectivity index (χ1n) is 6.76. The fourth-order valence-corrected chi connectivity index (χ4v) is 2.94. The maximum absolute atomic E-state index is 6.43. The Morgan fingerprint density at radius 1 is 1.14 bits per heavy atom. The first kappa shape index (κ1) is 14.2. The van der Waals surface area contributed by atoms with Gasteiger partial charge in [0.25, 0.3) is 0 Å². The Hall–Kier alpha value is -1.78. The molecule has 0 aliphatic carbocycles. The summed E-state index contributed by atoms with van der Waals surface area (Å²) in [4.78, 5) is 2.06. The second kappa shape index (κ2) is 5.54. The highest BCUT2D eigenvalue weighted by Crippen LogP contribution is 2.32. The van der Waals surface area contributed by atoms with Gasteiger partial charge in [-0.15, -0.1) is 0 Å². The Labute approximate surface area is 132 Å². The van der Waals surface area contributed by atoms with Crippen molar-refractivity contribution in [2.75, 3.05) is 19.0 Å². The third kappa shape index (κ3) is 2.69. The van der Waals surface area contributed by atoms with Gasteiger partial charge < -0.3 is 15.1 Å². The summed E-state index contributed by atoms with van der Waals surface area (Å²) in [5.74, 6) is 0.799. The van der Waals surface area contributed by atoms with E-state index < -0.39 is 0 Å². The van der Waals surface area contributed by atoms with Gasteiger partial charge in [-0.2, -0.15) is 0 Å². The molecule has 3 aromatic rings. The van der Waals surface area contributed by atoms with E-state index in [1.165, 1.54) is 0 Å². The monoisotopic (exact) mass is 344 g/mol. The molecule has 0 aliphatic heterocycles. The molecule has 4 heteroatoms. The molecule has 0 bridgehead atoms. The van der Waals surface area contributed by atoms with Gasteiger partial charge in [0.2, 0.25) is 0 Å². The Morgan fingerprint density at radius 3 is 2.67 bits per heavy atom. The maximum Gasteiger partial charge on any atom is 0.132 e. The highest BCUT2D eigenvalue weighted by molar-refractivity contribution is 9.10. The molecule has 1 unspecified atom stereocenters. The summed E-state index contributed by atoms with van der Waals surface area (Å²) in [6.07, 6.45) is 1.76. The molecule has 108 valence electrons. The Kier molecular flexibility index (Phi) is 3.74. The predicted molar refractivity (Wildman–Crippen MR) is 90.7 cm³/mol. The zero-order valence-electron chi connectivity index (χ0n) is 12.0. The van der Waals surface area contributed by atoms with Gasteiger partial charge in [-0.1, -0.05) is 40.2 Å². The minimum absolute atomic E-state index is 0.291. The quantitative estimate of drug-likeness (QED) is 0.769. The summed E-state index contributed by atoms with van der Waals surface area (Å²) in [5, 5.41) is 2.14. The van der Waals surface area contributed by atoms with Crippen LogP contribution in [-0.4, -0.2) is 14.1 Å². The van der Waals surface area contributed by atoms with Crippen LogP contribution in [0.4, 0.5) is 5.69 Å². The van der Waals surface area contributed by atoms with Crippen LogP contribution in [-0.2, 0) is 0 Å². The number of nitrogens with two attached hydrogens (primary N) is 1. The zero-order valence-corrected chi connectivity index (χ0v) is 13.6. The molecule has 0 spiro atoms. The first-order valence-corrected chi connectivity index (χ1v) is 7.55. The summed E-state index contributed by atoms with van der Waals surface area (Å²) in [6, 6.07) is 14.0. The third-order valence-corrected chi connectivity index (χ3v) is 4.06. The van der Waals surface area contributed by atoms with Gasteiger partial charge in [0.1, 0.15) is 5.76 Å². The molecule has 2 N–H and O–H groups in total. The Bertz CT molecular complexity index is 779. The van der Waals surface area contributed by atoms with Crippen molar-refractivity contribution >= 4 is 32.4 Å². The molecule has 21 heavy (non-hydrogen) atoms. The Morgan fingerprint density at radius 2 is 1.90 bits per heavy atom. The molecule has 0 saturated carbocycles.